The summed E-state index contributed by atoms with van der Waals surface area (Å²) in [7, 11) is 3.69. The monoisotopic (exact) mass is 116 g/mol. The van der Waals surface area contributed by atoms with Crippen LogP contribution in [0.4, 0.5) is 0 Å². The molecule has 0 atom stereocenters. The van der Waals surface area contributed by atoms with Crippen molar-refractivity contribution in [3.8, 4) is 0 Å². The van der Waals surface area contributed by atoms with E-state index in [-0.39, 0.29) is 7.43 Å². The van der Waals surface area contributed by atoms with Crippen molar-refractivity contribution >= 4 is 21.6 Å². The zero-order valence-corrected chi connectivity index (χ0v) is 4.81. The molecule has 0 aliphatic carbocycles. The van der Waals surface area contributed by atoms with Gasteiger partial charge in [0.05, 0.1) is 0 Å². The highest BCUT2D eigenvalue weighted by Gasteiger charge is 1.85. The van der Waals surface area contributed by atoms with E-state index < -0.39 is 0 Å². The van der Waals surface area contributed by atoms with Gasteiger partial charge in [0.25, 0.3) is 0 Å². The first-order chi connectivity index (χ1) is 2.50. The fourth-order valence-corrected chi connectivity index (χ4v) is 1.77. The lowest BCUT2D eigenvalue weighted by molar-refractivity contribution is 1.85. The van der Waals surface area contributed by atoms with Crippen LogP contribution in [0.15, 0.2) is 11.5 Å². The van der Waals surface area contributed by atoms with E-state index in [1.165, 1.54) is 5.75 Å². The van der Waals surface area contributed by atoms with Gasteiger partial charge in [0.1, 0.15) is 0 Å². The number of hydrogen-bond donors (Lipinski definition) is 0. The fourth-order valence-electron chi connectivity index (χ4n) is 0.196. The molecule has 1 aliphatic heterocycles. The van der Waals surface area contributed by atoms with Crippen LogP contribution in [-0.4, -0.2) is 5.75 Å². The largest absolute Gasteiger partial charge is 0.0854 e. The van der Waals surface area contributed by atoms with Crippen LogP contribution in [0.5, 0.6) is 0 Å². The van der Waals surface area contributed by atoms with Crippen LogP contribution in [-0.2, 0) is 0 Å². The SMILES string of the molecule is C1=CSSC1.[C]. The van der Waals surface area contributed by atoms with Gasteiger partial charge in [0.2, 0.25) is 0 Å². The highest BCUT2D eigenvalue weighted by molar-refractivity contribution is 8.78. The predicted molar refractivity (Wildman–Crippen MR) is 32.4 cm³/mol. The summed E-state index contributed by atoms with van der Waals surface area (Å²) in [6.07, 6.45) is 2.16. The second-order valence-electron chi connectivity index (χ2n) is 0.753. The quantitative estimate of drug-likeness (QED) is 0.444. The first-order valence-corrected chi connectivity index (χ1v) is 3.81. The van der Waals surface area contributed by atoms with Gasteiger partial charge in [0, 0.05) is 13.2 Å². The van der Waals surface area contributed by atoms with Gasteiger partial charge in [-0.3, -0.25) is 0 Å². The van der Waals surface area contributed by atoms with Gasteiger partial charge < -0.3 is 0 Å². The molecular formula is C4H4S2. The van der Waals surface area contributed by atoms with E-state index in [2.05, 4.69) is 11.5 Å². The van der Waals surface area contributed by atoms with Gasteiger partial charge in [-0.05, 0) is 5.41 Å². The Bertz CT molecular complexity index is 43.5. The normalized spacial score (nSPS) is 17.3. The third kappa shape index (κ3) is 1.78. The highest BCUT2D eigenvalue weighted by atomic mass is 33.1. The summed E-state index contributed by atoms with van der Waals surface area (Å²) in [6.45, 7) is 0. The lowest BCUT2D eigenvalue weighted by atomic mass is 10.8. The summed E-state index contributed by atoms with van der Waals surface area (Å²) in [5.41, 5.74) is 0. The van der Waals surface area contributed by atoms with Crippen molar-refractivity contribution in [2.45, 2.75) is 0 Å². The lowest BCUT2D eigenvalue weighted by Gasteiger charge is -1.69. The molecule has 0 spiro atoms. The molecule has 0 amide bonds. The molecule has 0 aromatic rings. The molecule has 0 N–H and O–H groups in total. The van der Waals surface area contributed by atoms with Crippen molar-refractivity contribution in [3.63, 3.8) is 0 Å². The van der Waals surface area contributed by atoms with Crippen LogP contribution in [0.2, 0.25) is 0 Å². The van der Waals surface area contributed by atoms with Crippen LogP contribution in [0, 0.1) is 7.43 Å². The van der Waals surface area contributed by atoms with E-state index >= 15 is 0 Å². The van der Waals surface area contributed by atoms with E-state index in [0.717, 1.165) is 0 Å². The first kappa shape index (κ1) is 6.44. The molecule has 0 saturated carbocycles. The maximum atomic E-state index is 2.16. The fraction of sp³-hybridized carbons (Fsp3) is 0.250. The van der Waals surface area contributed by atoms with Gasteiger partial charge >= 0.3 is 0 Å². The Morgan fingerprint density at radius 2 is 2.33 bits per heavy atom. The van der Waals surface area contributed by atoms with Gasteiger partial charge in [-0.2, -0.15) is 0 Å². The molecule has 1 rings (SSSR count). The number of rotatable bonds is 0. The van der Waals surface area contributed by atoms with Crippen LogP contribution < -0.4 is 0 Å². The van der Waals surface area contributed by atoms with Crippen LogP contribution in [0.25, 0.3) is 0 Å². The van der Waals surface area contributed by atoms with Crippen molar-refractivity contribution in [2.75, 3.05) is 5.75 Å². The molecule has 0 nitrogen and oxygen atoms in total. The Hall–Kier alpha value is 0.440. The zero-order chi connectivity index (χ0) is 3.54. The molecule has 6 heavy (non-hydrogen) atoms. The molecular weight excluding hydrogens is 112 g/mol. The molecule has 0 unspecified atom stereocenters. The summed E-state index contributed by atoms with van der Waals surface area (Å²) >= 11 is 0. The zero-order valence-electron chi connectivity index (χ0n) is 3.18. The Kier molecular flexibility index (Phi) is 3.89. The van der Waals surface area contributed by atoms with Crippen LogP contribution in [0.3, 0.4) is 0 Å². The molecule has 4 radical (unpaired) electrons. The van der Waals surface area contributed by atoms with E-state index in [1.807, 2.05) is 21.6 Å². The van der Waals surface area contributed by atoms with Gasteiger partial charge in [0.15, 0.2) is 0 Å². The minimum absolute atomic E-state index is 0. The molecule has 1 aliphatic rings. The molecule has 2 heteroatoms. The van der Waals surface area contributed by atoms with E-state index in [0.29, 0.717) is 0 Å². The maximum absolute atomic E-state index is 2.16. The Morgan fingerprint density at radius 3 is 2.50 bits per heavy atom. The summed E-state index contributed by atoms with van der Waals surface area (Å²) < 4.78 is 0. The summed E-state index contributed by atoms with van der Waals surface area (Å²) in [4.78, 5) is 0. The second-order valence-corrected chi connectivity index (χ2v) is 3.07. The van der Waals surface area contributed by atoms with Crippen molar-refractivity contribution < 1.29 is 0 Å². The lowest BCUT2D eigenvalue weighted by Crippen LogP contribution is -1.46. The van der Waals surface area contributed by atoms with Crippen molar-refractivity contribution in [3.05, 3.63) is 18.9 Å². The average Bonchev–Trinajstić information content (AvgIpc) is 1.76. The van der Waals surface area contributed by atoms with Crippen molar-refractivity contribution in [1.29, 1.82) is 0 Å². The third-order valence-corrected chi connectivity index (χ3v) is 2.30. The first-order valence-electron chi connectivity index (χ1n) is 1.43. The van der Waals surface area contributed by atoms with Gasteiger partial charge in [-0.25, -0.2) is 0 Å². The van der Waals surface area contributed by atoms with Crippen molar-refractivity contribution in [2.24, 2.45) is 0 Å². The van der Waals surface area contributed by atoms with E-state index in [9.17, 15) is 0 Å². The second kappa shape index (κ2) is 3.62. The smallest absolute Gasteiger partial charge is 0.0229 e. The minimum atomic E-state index is 0. The molecule has 0 bridgehead atoms. The number of hydrogen-bond acceptors (Lipinski definition) is 2. The van der Waals surface area contributed by atoms with Crippen LogP contribution >= 0.6 is 21.6 Å². The van der Waals surface area contributed by atoms with Gasteiger partial charge in [-0.15, -0.1) is 0 Å². The standard InChI is InChI=1S/C3H4S2.C/c1-2-4-5-3-1;/h1-2H,3H2;. The molecule has 0 saturated heterocycles. The van der Waals surface area contributed by atoms with E-state index in [1.54, 1.807) is 0 Å². The highest BCUT2D eigenvalue weighted by Crippen LogP contribution is 2.27. The Morgan fingerprint density at radius 1 is 1.50 bits per heavy atom. The summed E-state index contributed by atoms with van der Waals surface area (Å²) in [5.74, 6) is 1.20. The topological polar surface area (TPSA) is 0 Å². The molecule has 32 valence electrons. The molecule has 0 aromatic heterocycles. The third-order valence-electron chi connectivity index (χ3n) is 0.384. The summed E-state index contributed by atoms with van der Waals surface area (Å²) in [6, 6.07) is 0. The summed E-state index contributed by atoms with van der Waals surface area (Å²) in [5, 5.41) is 2.12. The van der Waals surface area contributed by atoms with Crippen LogP contribution in [0.1, 0.15) is 0 Å². The van der Waals surface area contributed by atoms with E-state index in [4.69, 9.17) is 0 Å². The van der Waals surface area contributed by atoms with Crippen molar-refractivity contribution in [1.82, 2.24) is 0 Å². The Labute approximate surface area is 46.8 Å². The molecule has 0 aromatic carbocycles. The maximum Gasteiger partial charge on any atom is 0.0229 e. The van der Waals surface area contributed by atoms with Gasteiger partial charge in [-0.1, -0.05) is 27.7 Å². The average molecular weight is 116 g/mol. The Balaban J connectivity index is 0.000000250. The predicted octanol–water partition coefficient (Wildman–Crippen LogP) is 1.98. The minimum Gasteiger partial charge on any atom is -0.0854 e. The molecule has 1 heterocycles. The molecule has 0 fully saturated rings.